The standard InChI is InChI=1S/C12H26S6/c1-2-3-8(14)6-9(15)7-10(12(17)18)11(16)4-5-13/h8-18H,2-7H2,1H3. The molecule has 110 valence electrons. The topological polar surface area (TPSA) is 0 Å². The molecule has 0 heterocycles. The van der Waals surface area contributed by atoms with E-state index in [0.29, 0.717) is 21.7 Å². The van der Waals surface area contributed by atoms with Crippen molar-refractivity contribution in [3.05, 3.63) is 0 Å². The summed E-state index contributed by atoms with van der Waals surface area (Å²) in [6.07, 6.45) is 5.33. The van der Waals surface area contributed by atoms with Gasteiger partial charge >= 0.3 is 0 Å². The Morgan fingerprint density at radius 1 is 0.833 bits per heavy atom. The van der Waals surface area contributed by atoms with Crippen LogP contribution in [0.15, 0.2) is 0 Å². The van der Waals surface area contributed by atoms with Gasteiger partial charge in [0.2, 0.25) is 0 Å². The summed E-state index contributed by atoms with van der Waals surface area (Å²) in [5.41, 5.74) is 0. The molecule has 0 aliphatic heterocycles. The lowest BCUT2D eigenvalue weighted by Gasteiger charge is -2.28. The Bertz CT molecular complexity index is 199. The zero-order chi connectivity index (χ0) is 14.1. The Morgan fingerprint density at radius 2 is 1.44 bits per heavy atom. The Kier molecular flexibility index (Phi) is 13.1. The van der Waals surface area contributed by atoms with E-state index in [2.05, 4.69) is 82.7 Å². The third kappa shape index (κ3) is 9.11. The molecule has 0 nitrogen and oxygen atoms in total. The van der Waals surface area contributed by atoms with E-state index in [4.69, 9.17) is 0 Å². The van der Waals surface area contributed by atoms with Gasteiger partial charge in [-0.3, -0.25) is 0 Å². The van der Waals surface area contributed by atoms with Crippen LogP contribution in [0.5, 0.6) is 0 Å². The molecule has 0 aromatic rings. The molecule has 0 N–H and O–H groups in total. The van der Waals surface area contributed by atoms with Crippen LogP contribution in [0, 0.1) is 5.92 Å². The molecule has 0 saturated carbocycles. The van der Waals surface area contributed by atoms with E-state index in [1.54, 1.807) is 0 Å². The van der Waals surface area contributed by atoms with Gasteiger partial charge in [-0.25, -0.2) is 0 Å². The van der Waals surface area contributed by atoms with Crippen LogP contribution >= 0.6 is 75.8 Å². The second-order valence-corrected chi connectivity index (χ2v) is 8.82. The van der Waals surface area contributed by atoms with Crippen molar-refractivity contribution < 1.29 is 0 Å². The number of rotatable bonds is 10. The Morgan fingerprint density at radius 3 is 1.89 bits per heavy atom. The highest BCUT2D eigenvalue weighted by Crippen LogP contribution is 2.31. The lowest BCUT2D eigenvalue weighted by molar-refractivity contribution is 0.475. The van der Waals surface area contributed by atoms with Gasteiger partial charge in [0, 0.05) is 20.3 Å². The summed E-state index contributed by atoms with van der Waals surface area (Å²) in [7, 11) is 0. The van der Waals surface area contributed by atoms with E-state index >= 15 is 0 Å². The van der Waals surface area contributed by atoms with Gasteiger partial charge in [0.1, 0.15) is 0 Å². The van der Waals surface area contributed by atoms with Crippen LogP contribution in [0.3, 0.4) is 0 Å². The molecule has 0 amide bonds. The maximum atomic E-state index is 4.69. The maximum absolute atomic E-state index is 4.69. The predicted octanol–water partition coefficient (Wildman–Crippen LogP) is 4.58. The first-order chi connectivity index (χ1) is 8.42. The lowest BCUT2D eigenvalue weighted by atomic mass is 9.96. The van der Waals surface area contributed by atoms with E-state index in [1.807, 2.05) is 0 Å². The summed E-state index contributed by atoms with van der Waals surface area (Å²) in [6.45, 7) is 2.19. The van der Waals surface area contributed by atoms with E-state index in [1.165, 1.54) is 6.42 Å². The van der Waals surface area contributed by atoms with E-state index in [-0.39, 0.29) is 4.58 Å². The number of hydrogen-bond acceptors (Lipinski definition) is 6. The van der Waals surface area contributed by atoms with E-state index in [9.17, 15) is 0 Å². The van der Waals surface area contributed by atoms with Crippen LogP contribution in [0.25, 0.3) is 0 Å². The van der Waals surface area contributed by atoms with Crippen LogP contribution in [-0.2, 0) is 0 Å². The maximum Gasteiger partial charge on any atom is 0.0481 e. The molecule has 0 aliphatic carbocycles. The summed E-state index contributed by atoms with van der Waals surface area (Å²) in [6, 6.07) is 0. The summed E-state index contributed by atoms with van der Waals surface area (Å²) in [5.74, 6) is 1.21. The van der Waals surface area contributed by atoms with Crippen LogP contribution in [0.1, 0.15) is 39.0 Å². The van der Waals surface area contributed by atoms with Crippen LogP contribution in [0.2, 0.25) is 0 Å². The molecular formula is C12H26S6. The third-order valence-electron chi connectivity index (χ3n) is 3.01. The highest BCUT2D eigenvalue weighted by Gasteiger charge is 2.25. The van der Waals surface area contributed by atoms with Crippen molar-refractivity contribution in [3.63, 3.8) is 0 Å². The monoisotopic (exact) mass is 362 g/mol. The predicted molar refractivity (Wildman–Crippen MR) is 106 cm³/mol. The van der Waals surface area contributed by atoms with Crippen LogP contribution < -0.4 is 0 Å². The minimum Gasteiger partial charge on any atom is -0.179 e. The van der Waals surface area contributed by atoms with Crippen molar-refractivity contribution in [2.24, 2.45) is 5.92 Å². The van der Waals surface area contributed by atoms with Gasteiger partial charge in [-0.15, -0.1) is 0 Å². The smallest absolute Gasteiger partial charge is 0.0481 e. The fourth-order valence-electron chi connectivity index (χ4n) is 2.00. The molecule has 0 aromatic carbocycles. The van der Waals surface area contributed by atoms with Gasteiger partial charge in [0.05, 0.1) is 0 Å². The van der Waals surface area contributed by atoms with E-state index < -0.39 is 0 Å². The third-order valence-corrected chi connectivity index (χ3v) is 5.57. The molecule has 18 heavy (non-hydrogen) atoms. The zero-order valence-corrected chi connectivity index (χ0v) is 16.2. The Labute approximate surface area is 146 Å². The molecule has 0 spiro atoms. The highest BCUT2D eigenvalue weighted by molar-refractivity contribution is 7.99. The summed E-state index contributed by atoms with van der Waals surface area (Å²) < 4.78 is 0.0478. The molecule has 0 fully saturated rings. The molecule has 4 atom stereocenters. The Hall–Kier alpha value is 2.10. The normalized spacial score (nSPS) is 18.7. The average molecular weight is 363 g/mol. The fourth-order valence-corrected chi connectivity index (χ4v) is 5.01. The summed E-state index contributed by atoms with van der Waals surface area (Å²) in [5, 5.41) is 1.08. The van der Waals surface area contributed by atoms with E-state index in [0.717, 1.165) is 31.4 Å². The first-order valence-corrected chi connectivity index (χ1v) is 9.64. The molecule has 0 radical (unpaired) electrons. The molecule has 0 rings (SSSR count). The molecule has 0 saturated heterocycles. The van der Waals surface area contributed by atoms with Gasteiger partial charge in [0.15, 0.2) is 0 Å². The van der Waals surface area contributed by atoms with Gasteiger partial charge in [-0.2, -0.15) is 75.8 Å². The van der Waals surface area contributed by atoms with Crippen molar-refractivity contribution in [3.8, 4) is 0 Å². The van der Waals surface area contributed by atoms with Gasteiger partial charge in [-0.05, 0) is 37.4 Å². The van der Waals surface area contributed by atoms with Gasteiger partial charge in [0.25, 0.3) is 0 Å². The minimum absolute atomic E-state index is 0.0478. The average Bonchev–Trinajstić information content (AvgIpc) is 2.25. The highest BCUT2D eigenvalue weighted by atomic mass is 32.2. The lowest BCUT2D eigenvalue weighted by Crippen LogP contribution is -2.26. The van der Waals surface area contributed by atoms with Crippen LogP contribution in [-0.4, -0.2) is 26.1 Å². The Balaban J connectivity index is 4.22. The number of hydrogen-bond donors (Lipinski definition) is 6. The van der Waals surface area contributed by atoms with Crippen molar-refractivity contribution in [2.75, 3.05) is 5.75 Å². The molecule has 4 unspecified atom stereocenters. The van der Waals surface area contributed by atoms with Crippen molar-refractivity contribution in [1.82, 2.24) is 0 Å². The van der Waals surface area contributed by atoms with Crippen molar-refractivity contribution in [1.29, 1.82) is 0 Å². The van der Waals surface area contributed by atoms with Crippen LogP contribution in [0.4, 0.5) is 0 Å². The summed E-state index contributed by atoms with van der Waals surface area (Å²) >= 11 is 27.1. The quantitative estimate of drug-likeness (QED) is 0.238. The first kappa shape index (κ1) is 20.1. The van der Waals surface area contributed by atoms with Gasteiger partial charge < -0.3 is 0 Å². The summed E-state index contributed by atoms with van der Waals surface area (Å²) in [4.78, 5) is 0. The molecule has 0 bridgehead atoms. The first-order valence-electron chi connectivity index (χ1n) is 6.43. The fraction of sp³-hybridized carbons (Fsp3) is 1.00. The largest absolute Gasteiger partial charge is 0.179 e. The molecule has 6 heteroatoms. The molecule has 0 aromatic heterocycles. The second kappa shape index (κ2) is 11.7. The SMILES string of the molecule is CCCC(S)CC(S)CC(C(S)S)C(S)CCS. The molecular weight excluding hydrogens is 337 g/mol. The van der Waals surface area contributed by atoms with Crippen molar-refractivity contribution in [2.45, 2.75) is 59.4 Å². The van der Waals surface area contributed by atoms with Gasteiger partial charge in [-0.1, -0.05) is 13.3 Å². The number of thiol groups is 6. The van der Waals surface area contributed by atoms with Crippen molar-refractivity contribution >= 4 is 75.8 Å². The minimum atomic E-state index is 0.0478. The zero-order valence-electron chi connectivity index (χ0n) is 10.8. The second-order valence-electron chi connectivity index (χ2n) is 4.72. The molecule has 0 aliphatic rings.